The van der Waals surface area contributed by atoms with Crippen molar-refractivity contribution in [1.82, 2.24) is 0 Å². The molecule has 0 aromatic heterocycles. The highest BCUT2D eigenvalue weighted by molar-refractivity contribution is 6.06. The number of hydrogen-bond acceptors (Lipinski definition) is 5. The zero-order chi connectivity index (χ0) is 12.6. The molecule has 0 amide bonds. The third-order valence-electron chi connectivity index (χ3n) is 1.73. The van der Waals surface area contributed by atoms with E-state index in [9.17, 15) is 9.59 Å². The first-order valence-corrected chi connectivity index (χ1v) is 4.88. The SMILES string of the molecule is CC=C(O)C(=O)C=C(C)C(=O)OCCCO. The van der Waals surface area contributed by atoms with Gasteiger partial charge in [0.05, 0.1) is 6.61 Å². The number of aliphatic hydroxyl groups is 2. The molecule has 0 saturated heterocycles. The van der Waals surface area contributed by atoms with Crippen LogP contribution in [0.4, 0.5) is 0 Å². The van der Waals surface area contributed by atoms with Gasteiger partial charge in [-0.25, -0.2) is 4.79 Å². The molecule has 0 aromatic carbocycles. The molecule has 90 valence electrons. The van der Waals surface area contributed by atoms with Crippen LogP contribution in [0.15, 0.2) is 23.5 Å². The molecule has 0 aliphatic heterocycles. The minimum Gasteiger partial charge on any atom is -0.504 e. The van der Waals surface area contributed by atoms with Crippen LogP contribution in [0.25, 0.3) is 0 Å². The first-order chi connectivity index (χ1) is 7.52. The molecular formula is C11H16O5. The smallest absolute Gasteiger partial charge is 0.333 e. The van der Waals surface area contributed by atoms with Gasteiger partial charge >= 0.3 is 5.97 Å². The summed E-state index contributed by atoms with van der Waals surface area (Å²) in [7, 11) is 0. The Balaban J connectivity index is 4.32. The number of ether oxygens (including phenoxy) is 1. The van der Waals surface area contributed by atoms with Crippen molar-refractivity contribution in [3.05, 3.63) is 23.5 Å². The second-order valence-electron chi connectivity index (χ2n) is 3.08. The lowest BCUT2D eigenvalue weighted by Gasteiger charge is -2.03. The highest BCUT2D eigenvalue weighted by Crippen LogP contribution is 2.01. The first kappa shape index (κ1) is 14.4. The predicted molar refractivity (Wildman–Crippen MR) is 57.8 cm³/mol. The molecule has 5 nitrogen and oxygen atoms in total. The lowest BCUT2D eigenvalue weighted by molar-refractivity contribution is -0.139. The van der Waals surface area contributed by atoms with Gasteiger partial charge in [-0.3, -0.25) is 4.79 Å². The van der Waals surface area contributed by atoms with Crippen molar-refractivity contribution in [3.8, 4) is 0 Å². The van der Waals surface area contributed by atoms with E-state index in [1.165, 1.54) is 19.9 Å². The summed E-state index contributed by atoms with van der Waals surface area (Å²) in [6.07, 6.45) is 2.60. The molecule has 16 heavy (non-hydrogen) atoms. The Bertz CT molecular complexity index is 314. The maximum absolute atomic E-state index is 11.2. The molecule has 2 N–H and O–H groups in total. The highest BCUT2D eigenvalue weighted by Gasteiger charge is 2.09. The van der Waals surface area contributed by atoms with Crippen molar-refractivity contribution in [3.63, 3.8) is 0 Å². The first-order valence-electron chi connectivity index (χ1n) is 4.88. The number of hydrogen-bond donors (Lipinski definition) is 2. The van der Waals surface area contributed by atoms with Gasteiger partial charge in [-0.1, -0.05) is 0 Å². The van der Waals surface area contributed by atoms with Crippen LogP contribution in [0.3, 0.4) is 0 Å². The van der Waals surface area contributed by atoms with Crippen LogP contribution in [0.2, 0.25) is 0 Å². The van der Waals surface area contributed by atoms with Crippen LogP contribution in [-0.2, 0) is 14.3 Å². The second-order valence-corrected chi connectivity index (χ2v) is 3.08. The van der Waals surface area contributed by atoms with E-state index < -0.39 is 17.5 Å². The van der Waals surface area contributed by atoms with E-state index in [2.05, 4.69) is 0 Å². The molecule has 0 saturated carbocycles. The van der Waals surface area contributed by atoms with E-state index in [4.69, 9.17) is 14.9 Å². The van der Waals surface area contributed by atoms with Gasteiger partial charge < -0.3 is 14.9 Å². The van der Waals surface area contributed by atoms with Gasteiger partial charge in [0.1, 0.15) is 0 Å². The molecule has 5 heteroatoms. The van der Waals surface area contributed by atoms with E-state index in [0.29, 0.717) is 6.42 Å². The number of aliphatic hydroxyl groups excluding tert-OH is 2. The van der Waals surface area contributed by atoms with Crippen molar-refractivity contribution in [2.45, 2.75) is 20.3 Å². The third kappa shape index (κ3) is 5.31. The Morgan fingerprint density at radius 2 is 2.00 bits per heavy atom. The minimum atomic E-state index is -0.640. The Labute approximate surface area is 94.0 Å². The molecule has 0 heterocycles. The number of rotatable bonds is 6. The van der Waals surface area contributed by atoms with E-state index in [1.807, 2.05) is 0 Å². The fourth-order valence-corrected chi connectivity index (χ4v) is 0.815. The summed E-state index contributed by atoms with van der Waals surface area (Å²) in [5.74, 6) is -1.69. The fraction of sp³-hybridized carbons (Fsp3) is 0.455. The van der Waals surface area contributed by atoms with Gasteiger partial charge in [-0.15, -0.1) is 0 Å². The number of esters is 1. The summed E-state index contributed by atoms with van der Waals surface area (Å²) < 4.78 is 4.74. The maximum atomic E-state index is 11.2. The summed E-state index contributed by atoms with van der Waals surface area (Å²) >= 11 is 0. The molecule has 0 spiro atoms. The standard InChI is InChI=1S/C11H16O5/c1-3-9(13)10(14)7-8(2)11(15)16-6-4-5-12/h3,7,12-13H,4-6H2,1-2H3. The van der Waals surface area contributed by atoms with E-state index in [-0.39, 0.29) is 18.8 Å². The molecule has 0 aliphatic carbocycles. The average molecular weight is 228 g/mol. The lowest BCUT2D eigenvalue weighted by atomic mass is 10.2. The zero-order valence-electron chi connectivity index (χ0n) is 9.40. The van der Waals surface area contributed by atoms with E-state index in [1.54, 1.807) is 0 Å². The van der Waals surface area contributed by atoms with Crippen LogP contribution in [0, 0.1) is 0 Å². The van der Waals surface area contributed by atoms with Crippen LogP contribution in [0.1, 0.15) is 20.3 Å². The number of allylic oxidation sites excluding steroid dienone is 2. The quantitative estimate of drug-likeness (QED) is 0.305. The predicted octanol–water partition coefficient (Wildman–Crippen LogP) is 0.889. The van der Waals surface area contributed by atoms with E-state index in [0.717, 1.165) is 6.08 Å². The van der Waals surface area contributed by atoms with Crippen LogP contribution < -0.4 is 0 Å². The minimum absolute atomic E-state index is 0.0612. The molecule has 0 radical (unpaired) electrons. The van der Waals surface area contributed by atoms with Crippen molar-refractivity contribution >= 4 is 11.8 Å². The van der Waals surface area contributed by atoms with Crippen LogP contribution in [0.5, 0.6) is 0 Å². The Kier molecular flexibility index (Phi) is 6.87. The number of carbonyl (C=O) groups is 2. The normalized spacial score (nSPS) is 12.4. The van der Waals surface area contributed by atoms with Crippen LogP contribution >= 0.6 is 0 Å². The van der Waals surface area contributed by atoms with E-state index >= 15 is 0 Å². The molecule has 0 bridgehead atoms. The molecule has 0 aromatic rings. The summed E-state index contributed by atoms with van der Waals surface area (Å²) in [6, 6.07) is 0. The molecule has 0 unspecified atom stereocenters. The van der Waals surface area contributed by atoms with Crippen LogP contribution in [-0.4, -0.2) is 35.2 Å². The molecule has 0 rings (SSSR count). The van der Waals surface area contributed by atoms with Gasteiger partial charge in [0.15, 0.2) is 5.76 Å². The van der Waals surface area contributed by atoms with Gasteiger partial charge in [-0.05, 0) is 26.0 Å². The Hall–Kier alpha value is -1.62. The Morgan fingerprint density at radius 3 is 2.50 bits per heavy atom. The van der Waals surface area contributed by atoms with Gasteiger partial charge in [0, 0.05) is 18.6 Å². The maximum Gasteiger partial charge on any atom is 0.333 e. The average Bonchev–Trinajstić information content (AvgIpc) is 2.27. The zero-order valence-corrected chi connectivity index (χ0v) is 9.40. The molecule has 0 fully saturated rings. The van der Waals surface area contributed by atoms with Crippen molar-refractivity contribution < 1.29 is 24.5 Å². The topological polar surface area (TPSA) is 83.8 Å². The highest BCUT2D eigenvalue weighted by atomic mass is 16.5. The van der Waals surface area contributed by atoms with Gasteiger partial charge in [0.2, 0.25) is 5.78 Å². The van der Waals surface area contributed by atoms with Crippen molar-refractivity contribution in [2.24, 2.45) is 0 Å². The molecule has 0 aliphatic rings. The monoisotopic (exact) mass is 228 g/mol. The fourth-order valence-electron chi connectivity index (χ4n) is 0.815. The van der Waals surface area contributed by atoms with Gasteiger partial charge in [-0.2, -0.15) is 0 Å². The summed E-state index contributed by atoms with van der Waals surface area (Å²) in [6.45, 7) is 2.97. The molecule has 0 atom stereocenters. The largest absolute Gasteiger partial charge is 0.504 e. The lowest BCUT2D eigenvalue weighted by Crippen LogP contribution is -2.10. The summed E-state index contributed by atoms with van der Waals surface area (Å²) in [5, 5.41) is 17.5. The van der Waals surface area contributed by atoms with Crippen molar-refractivity contribution in [2.75, 3.05) is 13.2 Å². The second kappa shape index (κ2) is 7.64. The third-order valence-corrected chi connectivity index (χ3v) is 1.73. The van der Waals surface area contributed by atoms with Gasteiger partial charge in [0.25, 0.3) is 0 Å². The summed E-state index contributed by atoms with van der Waals surface area (Å²) in [4.78, 5) is 22.4. The number of carbonyl (C=O) groups excluding carboxylic acids is 2. The molecular weight excluding hydrogens is 212 g/mol. The number of ketones is 1. The van der Waals surface area contributed by atoms with Crippen molar-refractivity contribution in [1.29, 1.82) is 0 Å². The Morgan fingerprint density at radius 1 is 1.38 bits per heavy atom. The summed E-state index contributed by atoms with van der Waals surface area (Å²) in [5.41, 5.74) is 0.108.